The molecule has 0 aromatic carbocycles. The molecular weight excluding hydrogens is 352 g/mol. The molecule has 0 amide bonds. The van der Waals surface area contributed by atoms with E-state index in [1.54, 1.807) is 18.5 Å². The van der Waals surface area contributed by atoms with Gasteiger partial charge >= 0.3 is 0 Å². The van der Waals surface area contributed by atoms with E-state index in [4.69, 9.17) is 0 Å². The molecule has 1 saturated heterocycles. The molecule has 1 aromatic heterocycles. The van der Waals surface area contributed by atoms with E-state index in [2.05, 4.69) is 5.32 Å². The SMILES string of the molecule is CNCc1csc(S(=O)(=O)N2CCSCC2S(C)(=O)=O)c1. The van der Waals surface area contributed by atoms with Gasteiger partial charge < -0.3 is 5.32 Å². The number of hydrogen-bond acceptors (Lipinski definition) is 7. The molecule has 1 unspecified atom stereocenters. The zero-order valence-corrected chi connectivity index (χ0v) is 15.0. The van der Waals surface area contributed by atoms with Crippen molar-refractivity contribution in [3.8, 4) is 0 Å². The molecule has 0 aliphatic carbocycles. The third-order valence-corrected chi connectivity index (χ3v) is 9.25. The lowest BCUT2D eigenvalue weighted by Crippen LogP contribution is -2.49. The first kappa shape index (κ1) is 17.2. The van der Waals surface area contributed by atoms with Crippen molar-refractivity contribution in [2.75, 3.05) is 31.4 Å². The fourth-order valence-electron chi connectivity index (χ4n) is 2.08. The minimum atomic E-state index is -3.76. The average molecular weight is 371 g/mol. The van der Waals surface area contributed by atoms with Crippen molar-refractivity contribution in [1.82, 2.24) is 9.62 Å². The van der Waals surface area contributed by atoms with Crippen LogP contribution in [0.2, 0.25) is 0 Å². The Labute approximate surface area is 133 Å². The lowest BCUT2D eigenvalue weighted by Gasteiger charge is -2.32. The Bertz CT molecular complexity index is 696. The van der Waals surface area contributed by atoms with Crippen molar-refractivity contribution in [3.63, 3.8) is 0 Å². The number of thioether (sulfide) groups is 1. The van der Waals surface area contributed by atoms with Gasteiger partial charge in [-0.15, -0.1) is 11.3 Å². The van der Waals surface area contributed by atoms with Crippen LogP contribution in [-0.2, 0) is 26.4 Å². The van der Waals surface area contributed by atoms with Gasteiger partial charge in [0.2, 0.25) is 0 Å². The molecule has 1 N–H and O–H groups in total. The largest absolute Gasteiger partial charge is 0.316 e. The first-order chi connectivity index (χ1) is 9.76. The number of sulfonamides is 1. The van der Waals surface area contributed by atoms with Gasteiger partial charge in [0, 0.05) is 30.9 Å². The molecule has 0 radical (unpaired) electrons. The van der Waals surface area contributed by atoms with Crippen molar-refractivity contribution < 1.29 is 16.8 Å². The highest BCUT2D eigenvalue weighted by Gasteiger charge is 2.39. The predicted molar refractivity (Wildman–Crippen MR) is 86.9 cm³/mol. The van der Waals surface area contributed by atoms with E-state index in [0.29, 0.717) is 12.3 Å². The van der Waals surface area contributed by atoms with E-state index in [9.17, 15) is 16.8 Å². The molecule has 2 heterocycles. The van der Waals surface area contributed by atoms with Gasteiger partial charge in [-0.2, -0.15) is 16.1 Å². The highest BCUT2D eigenvalue weighted by molar-refractivity contribution is 8.01. The molecule has 10 heteroatoms. The van der Waals surface area contributed by atoms with Gasteiger partial charge in [-0.25, -0.2) is 16.8 Å². The molecule has 1 aliphatic heterocycles. The summed E-state index contributed by atoms with van der Waals surface area (Å²) in [7, 11) is -5.43. The molecule has 1 aromatic rings. The normalized spacial score (nSPS) is 21.5. The average Bonchev–Trinajstić information content (AvgIpc) is 2.87. The van der Waals surface area contributed by atoms with Gasteiger partial charge in [-0.3, -0.25) is 0 Å². The Kier molecular flexibility index (Phi) is 5.37. The van der Waals surface area contributed by atoms with Gasteiger partial charge in [0.15, 0.2) is 9.84 Å². The molecule has 21 heavy (non-hydrogen) atoms. The Balaban J connectivity index is 2.36. The highest BCUT2D eigenvalue weighted by atomic mass is 32.2. The van der Waals surface area contributed by atoms with Gasteiger partial charge in [0.05, 0.1) is 0 Å². The van der Waals surface area contributed by atoms with Crippen LogP contribution in [0, 0.1) is 0 Å². The molecule has 1 fully saturated rings. The van der Waals surface area contributed by atoms with Crippen LogP contribution in [0.5, 0.6) is 0 Å². The summed E-state index contributed by atoms with van der Waals surface area (Å²) in [4.78, 5) is 0. The Morgan fingerprint density at radius 3 is 2.71 bits per heavy atom. The summed E-state index contributed by atoms with van der Waals surface area (Å²) >= 11 is 2.60. The van der Waals surface area contributed by atoms with Crippen LogP contribution in [0.4, 0.5) is 0 Å². The minimum Gasteiger partial charge on any atom is -0.316 e. The number of hydrogen-bond donors (Lipinski definition) is 1. The Morgan fingerprint density at radius 2 is 2.10 bits per heavy atom. The molecule has 2 rings (SSSR count). The predicted octanol–water partition coefficient (Wildman–Crippen LogP) is 0.576. The van der Waals surface area contributed by atoms with Crippen molar-refractivity contribution in [2.45, 2.75) is 16.1 Å². The van der Waals surface area contributed by atoms with Crippen LogP contribution < -0.4 is 5.32 Å². The maximum Gasteiger partial charge on any atom is 0.253 e. The number of nitrogens with one attached hydrogen (secondary N) is 1. The molecule has 1 atom stereocenters. The number of rotatable bonds is 5. The summed E-state index contributed by atoms with van der Waals surface area (Å²) in [5.41, 5.74) is 0.878. The summed E-state index contributed by atoms with van der Waals surface area (Å²) < 4.78 is 50.5. The second-order valence-electron chi connectivity index (χ2n) is 4.78. The summed E-state index contributed by atoms with van der Waals surface area (Å²) in [5.74, 6) is 0.896. The van der Waals surface area contributed by atoms with Crippen LogP contribution >= 0.6 is 23.1 Å². The lowest BCUT2D eigenvalue weighted by atomic mass is 10.3. The second-order valence-corrected chi connectivity index (χ2v) is 11.2. The fourth-order valence-corrected chi connectivity index (χ4v) is 8.59. The molecule has 120 valence electrons. The van der Waals surface area contributed by atoms with Crippen LogP contribution in [-0.4, -0.2) is 57.9 Å². The third-order valence-electron chi connectivity index (χ3n) is 3.11. The monoisotopic (exact) mass is 370 g/mol. The van der Waals surface area contributed by atoms with Gasteiger partial charge in [-0.1, -0.05) is 0 Å². The number of nitrogens with zero attached hydrogens (tertiary/aromatic N) is 1. The first-order valence-corrected chi connectivity index (χ1v) is 11.7. The Morgan fingerprint density at radius 1 is 1.38 bits per heavy atom. The Hall–Kier alpha value is -0.130. The zero-order chi connectivity index (χ0) is 15.7. The highest BCUT2D eigenvalue weighted by Crippen LogP contribution is 2.30. The van der Waals surface area contributed by atoms with E-state index < -0.39 is 25.2 Å². The van der Waals surface area contributed by atoms with Gasteiger partial charge in [0.25, 0.3) is 10.0 Å². The topological polar surface area (TPSA) is 83.6 Å². The standard InChI is InChI=1S/C11H18N2O4S4/c1-12-6-9-5-11(19-7-9)21(16,17)13-3-4-18-8-10(13)20(2,14)15/h5,7,10,12H,3-4,6,8H2,1-2H3. The summed E-state index contributed by atoms with van der Waals surface area (Å²) in [6.45, 7) is 0.807. The van der Waals surface area contributed by atoms with Crippen LogP contribution in [0.3, 0.4) is 0 Å². The van der Waals surface area contributed by atoms with Crippen molar-refractivity contribution in [2.24, 2.45) is 0 Å². The van der Waals surface area contributed by atoms with E-state index in [1.807, 2.05) is 0 Å². The summed E-state index contributed by atoms with van der Waals surface area (Å²) in [5, 5.41) is 3.76. The van der Waals surface area contributed by atoms with Gasteiger partial charge in [0.1, 0.15) is 9.58 Å². The van der Waals surface area contributed by atoms with E-state index >= 15 is 0 Å². The number of thiophene rings is 1. The molecule has 6 nitrogen and oxygen atoms in total. The van der Waals surface area contributed by atoms with Crippen LogP contribution in [0.15, 0.2) is 15.7 Å². The maximum absolute atomic E-state index is 12.7. The lowest BCUT2D eigenvalue weighted by molar-refractivity contribution is 0.406. The quantitative estimate of drug-likeness (QED) is 0.816. The second kappa shape index (κ2) is 6.55. The van der Waals surface area contributed by atoms with E-state index in [0.717, 1.165) is 27.5 Å². The van der Waals surface area contributed by atoms with E-state index in [1.165, 1.54) is 11.8 Å². The fraction of sp³-hybridized carbons (Fsp3) is 0.636. The first-order valence-electron chi connectivity index (χ1n) is 6.27. The van der Waals surface area contributed by atoms with Crippen LogP contribution in [0.1, 0.15) is 5.56 Å². The maximum atomic E-state index is 12.7. The molecule has 0 saturated carbocycles. The summed E-state index contributed by atoms with van der Waals surface area (Å²) in [6.07, 6.45) is 1.09. The summed E-state index contributed by atoms with van der Waals surface area (Å²) in [6, 6.07) is 1.61. The van der Waals surface area contributed by atoms with Crippen molar-refractivity contribution in [3.05, 3.63) is 17.0 Å². The third kappa shape index (κ3) is 3.80. The zero-order valence-electron chi connectivity index (χ0n) is 11.8. The minimum absolute atomic E-state index is 0.202. The van der Waals surface area contributed by atoms with Crippen molar-refractivity contribution >= 4 is 43.0 Å². The molecule has 0 bridgehead atoms. The van der Waals surface area contributed by atoms with Crippen LogP contribution in [0.25, 0.3) is 0 Å². The molecule has 1 aliphatic rings. The smallest absolute Gasteiger partial charge is 0.253 e. The molecular formula is C11H18N2O4S4. The van der Waals surface area contributed by atoms with E-state index in [-0.39, 0.29) is 16.5 Å². The molecule has 0 spiro atoms. The van der Waals surface area contributed by atoms with Crippen molar-refractivity contribution in [1.29, 1.82) is 0 Å². The number of sulfone groups is 1. The van der Waals surface area contributed by atoms with Gasteiger partial charge in [-0.05, 0) is 24.1 Å².